The van der Waals surface area contributed by atoms with Gasteiger partial charge in [-0.3, -0.25) is 0 Å². The van der Waals surface area contributed by atoms with E-state index in [9.17, 15) is 4.39 Å². The highest BCUT2D eigenvalue weighted by Gasteiger charge is 2.03. The molecular formula is C9H8FN. The summed E-state index contributed by atoms with van der Waals surface area (Å²) in [6, 6.07) is 2.83. The van der Waals surface area contributed by atoms with Crippen LogP contribution in [0.3, 0.4) is 0 Å². The number of hydrogen-bond donors (Lipinski definition) is 0. The van der Waals surface area contributed by atoms with E-state index in [1.165, 1.54) is 12.1 Å². The fraction of sp³-hybridized carbons (Fsp3) is 0.222. The molecule has 0 spiro atoms. The normalized spacial score (nSPS) is 9.27. The molecule has 2 heteroatoms. The van der Waals surface area contributed by atoms with Gasteiger partial charge >= 0.3 is 0 Å². The molecular weight excluding hydrogens is 141 g/mol. The summed E-state index contributed by atoms with van der Waals surface area (Å²) in [6.07, 6.45) is 0. The summed E-state index contributed by atoms with van der Waals surface area (Å²) in [7, 11) is 0. The van der Waals surface area contributed by atoms with Crippen molar-refractivity contribution in [1.29, 1.82) is 0 Å². The van der Waals surface area contributed by atoms with Crippen LogP contribution < -0.4 is 0 Å². The van der Waals surface area contributed by atoms with Crippen LogP contribution in [0.4, 0.5) is 10.1 Å². The highest BCUT2D eigenvalue weighted by molar-refractivity contribution is 5.54. The molecule has 0 radical (unpaired) electrons. The molecule has 0 bridgehead atoms. The van der Waals surface area contributed by atoms with Gasteiger partial charge in [0.2, 0.25) is 0 Å². The summed E-state index contributed by atoms with van der Waals surface area (Å²) < 4.78 is 12.8. The summed E-state index contributed by atoms with van der Waals surface area (Å²) in [5.41, 5.74) is 1.84. The van der Waals surface area contributed by atoms with E-state index in [4.69, 9.17) is 6.57 Å². The first-order valence-corrected chi connectivity index (χ1v) is 3.30. The maximum absolute atomic E-state index is 12.8. The van der Waals surface area contributed by atoms with Gasteiger partial charge in [-0.2, -0.15) is 0 Å². The largest absolute Gasteiger partial charge is 0.238 e. The van der Waals surface area contributed by atoms with Crippen molar-refractivity contribution in [3.8, 4) is 0 Å². The van der Waals surface area contributed by atoms with Crippen LogP contribution in [-0.2, 0) is 0 Å². The predicted octanol–water partition coefficient (Wildman–Crippen LogP) is 2.99. The molecule has 0 fully saturated rings. The molecule has 0 atom stereocenters. The molecule has 0 saturated heterocycles. The molecule has 0 N–H and O–H groups in total. The van der Waals surface area contributed by atoms with Crippen LogP contribution in [0.2, 0.25) is 0 Å². The summed E-state index contributed by atoms with van der Waals surface area (Å²) in [4.78, 5) is 3.26. The zero-order valence-corrected chi connectivity index (χ0v) is 6.48. The Hall–Kier alpha value is -1.36. The van der Waals surface area contributed by atoms with Crippen LogP contribution in [0, 0.1) is 26.2 Å². The Balaban J connectivity index is 3.40. The van der Waals surface area contributed by atoms with Crippen LogP contribution in [0.25, 0.3) is 4.85 Å². The molecule has 11 heavy (non-hydrogen) atoms. The molecule has 0 heterocycles. The van der Waals surface area contributed by atoms with Gasteiger partial charge in [0, 0.05) is 0 Å². The Labute approximate surface area is 65.3 Å². The van der Waals surface area contributed by atoms with Crippen LogP contribution in [-0.4, -0.2) is 0 Å². The number of hydrogen-bond acceptors (Lipinski definition) is 0. The standard InChI is InChI=1S/C9H8FN/c1-6-7(2)9(11-3)5-4-8(6)10/h4-5H,1-2H3. The second-order valence-electron chi connectivity index (χ2n) is 2.43. The van der Waals surface area contributed by atoms with Crippen molar-refractivity contribution in [2.45, 2.75) is 13.8 Å². The SMILES string of the molecule is [C-]#[N+]c1ccc(F)c(C)c1C. The Kier molecular flexibility index (Phi) is 1.91. The zero-order chi connectivity index (χ0) is 8.43. The minimum Gasteiger partial charge on any atom is -0.238 e. The number of nitrogens with zero attached hydrogens (tertiary/aromatic N) is 1. The van der Waals surface area contributed by atoms with Gasteiger partial charge in [-0.1, -0.05) is 6.07 Å². The third-order valence-corrected chi connectivity index (χ3v) is 1.81. The van der Waals surface area contributed by atoms with Crippen molar-refractivity contribution in [3.63, 3.8) is 0 Å². The first kappa shape index (κ1) is 7.74. The molecule has 0 aliphatic rings. The maximum Gasteiger partial charge on any atom is 0.190 e. The van der Waals surface area contributed by atoms with Crippen LogP contribution in [0.1, 0.15) is 11.1 Å². The van der Waals surface area contributed by atoms with Gasteiger partial charge in [0.15, 0.2) is 5.69 Å². The first-order valence-electron chi connectivity index (χ1n) is 3.30. The lowest BCUT2D eigenvalue weighted by Crippen LogP contribution is -1.85. The number of rotatable bonds is 0. The van der Waals surface area contributed by atoms with E-state index in [2.05, 4.69) is 4.85 Å². The molecule has 0 saturated carbocycles. The molecule has 0 aliphatic carbocycles. The lowest BCUT2D eigenvalue weighted by atomic mass is 10.1. The van der Waals surface area contributed by atoms with Crippen molar-refractivity contribution in [2.75, 3.05) is 0 Å². The van der Waals surface area contributed by atoms with E-state index in [1.54, 1.807) is 13.8 Å². The van der Waals surface area contributed by atoms with Crippen molar-refractivity contribution in [2.24, 2.45) is 0 Å². The van der Waals surface area contributed by atoms with E-state index in [0.717, 1.165) is 5.56 Å². The lowest BCUT2D eigenvalue weighted by Gasteiger charge is -2.01. The van der Waals surface area contributed by atoms with Gasteiger partial charge < -0.3 is 0 Å². The first-order chi connectivity index (χ1) is 5.16. The van der Waals surface area contributed by atoms with E-state index >= 15 is 0 Å². The highest BCUT2D eigenvalue weighted by atomic mass is 19.1. The summed E-state index contributed by atoms with van der Waals surface area (Å²) in [5, 5.41) is 0. The third-order valence-electron chi connectivity index (χ3n) is 1.81. The van der Waals surface area contributed by atoms with Gasteiger partial charge in [0.05, 0.1) is 6.57 Å². The fourth-order valence-corrected chi connectivity index (χ4v) is 0.894. The van der Waals surface area contributed by atoms with Gasteiger partial charge in [-0.05, 0) is 31.0 Å². The predicted molar refractivity (Wildman–Crippen MR) is 42.1 cm³/mol. The van der Waals surface area contributed by atoms with Gasteiger partial charge in [0.1, 0.15) is 5.82 Å². The third kappa shape index (κ3) is 1.22. The van der Waals surface area contributed by atoms with E-state index < -0.39 is 0 Å². The number of halogens is 1. The molecule has 56 valence electrons. The summed E-state index contributed by atoms with van der Waals surface area (Å²) in [5.74, 6) is -0.241. The molecule has 1 aromatic carbocycles. The Morgan fingerprint density at radius 2 is 1.91 bits per heavy atom. The van der Waals surface area contributed by atoms with Gasteiger partial charge in [0.25, 0.3) is 0 Å². The highest BCUT2D eigenvalue weighted by Crippen LogP contribution is 2.23. The van der Waals surface area contributed by atoms with Crippen LogP contribution in [0.15, 0.2) is 12.1 Å². The minimum absolute atomic E-state index is 0.241. The monoisotopic (exact) mass is 149 g/mol. The molecule has 0 amide bonds. The second-order valence-corrected chi connectivity index (χ2v) is 2.43. The van der Waals surface area contributed by atoms with Gasteiger partial charge in [-0.25, -0.2) is 9.24 Å². The van der Waals surface area contributed by atoms with Crippen molar-refractivity contribution >= 4 is 5.69 Å². The topological polar surface area (TPSA) is 4.36 Å². The molecule has 0 aliphatic heterocycles. The van der Waals surface area contributed by atoms with Crippen molar-refractivity contribution in [1.82, 2.24) is 0 Å². The summed E-state index contributed by atoms with van der Waals surface area (Å²) in [6.45, 7) is 10.2. The maximum atomic E-state index is 12.8. The Morgan fingerprint density at radius 1 is 1.27 bits per heavy atom. The molecule has 1 aromatic rings. The Bertz CT molecular complexity index is 323. The average molecular weight is 149 g/mol. The number of benzene rings is 1. The molecule has 1 rings (SSSR count). The quantitative estimate of drug-likeness (QED) is 0.499. The van der Waals surface area contributed by atoms with Gasteiger partial charge in [-0.15, -0.1) is 0 Å². The van der Waals surface area contributed by atoms with Crippen molar-refractivity contribution in [3.05, 3.63) is 40.5 Å². The molecule has 0 unspecified atom stereocenters. The fourth-order valence-electron chi connectivity index (χ4n) is 0.894. The zero-order valence-electron chi connectivity index (χ0n) is 6.48. The molecule has 1 nitrogen and oxygen atoms in total. The van der Waals surface area contributed by atoms with E-state index in [1.807, 2.05) is 0 Å². The smallest absolute Gasteiger partial charge is 0.190 e. The minimum atomic E-state index is -0.241. The lowest BCUT2D eigenvalue weighted by molar-refractivity contribution is 0.617. The van der Waals surface area contributed by atoms with Crippen LogP contribution >= 0.6 is 0 Å². The molecule has 0 aromatic heterocycles. The van der Waals surface area contributed by atoms with Crippen molar-refractivity contribution < 1.29 is 4.39 Å². The second kappa shape index (κ2) is 2.71. The Morgan fingerprint density at radius 3 is 2.45 bits per heavy atom. The summed E-state index contributed by atoms with van der Waals surface area (Å²) >= 11 is 0. The average Bonchev–Trinajstić information content (AvgIpc) is 2.01. The van der Waals surface area contributed by atoms with E-state index in [-0.39, 0.29) is 5.82 Å². The van der Waals surface area contributed by atoms with Crippen LogP contribution in [0.5, 0.6) is 0 Å². The van der Waals surface area contributed by atoms with E-state index in [0.29, 0.717) is 11.3 Å².